The molecule has 0 aliphatic rings. The topological polar surface area (TPSA) is 65.3 Å². The third-order valence-electron chi connectivity index (χ3n) is 4.55. The van der Waals surface area contributed by atoms with E-state index in [2.05, 4.69) is 0 Å². The number of halogens is 1. The van der Waals surface area contributed by atoms with Crippen molar-refractivity contribution in [2.75, 3.05) is 6.61 Å². The maximum atomic E-state index is 11.2. The molecule has 0 saturated heterocycles. The van der Waals surface area contributed by atoms with Crippen LogP contribution in [0.5, 0.6) is 5.75 Å². The molecule has 4 aromatic rings. The van der Waals surface area contributed by atoms with Crippen LogP contribution in [-0.4, -0.2) is 16.5 Å². The summed E-state index contributed by atoms with van der Waals surface area (Å²) in [5.41, 5.74) is 4.45. The lowest BCUT2D eigenvalue weighted by Gasteiger charge is -2.11. The van der Waals surface area contributed by atoms with Crippen molar-refractivity contribution in [3.63, 3.8) is 0 Å². The number of nitrogens with zero attached hydrogens (tertiary/aromatic N) is 2. The van der Waals surface area contributed by atoms with Gasteiger partial charge in [0.05, 0.1) is 22.7 Å². The number of aromatic nitrogens is 1. The first kappa shape index (κ1) is 20.3. The number of hydrogen-bond acceptors (Lipinski definition) is 4. The minimum Gasteiger partial charge on any atom is -0.494 e. The number of nitro groups is 1. The third-order valence-corrected chi connectivity index (χ3v) is 4.55. The van der Waals surface area contributed by atoms with E-state index in [1.165, 1.54) is 6.07 Å². The number of ether oxygens (including phenoxy) is 1. The van der Waals surface area contributed by atoms with E-state index in [9.17, 15) is 10.1 Å². The number of hydrogen-bond donors (Lipinski definition) is 0. The second-order valence-corrected chi connectivity index (χ2v) is 6.34. The van der Waals surface area contributed by atoms with Crippen molar-refractivity contribution in [2.24, 2.45) is 0 Å². The first-order valence-corrected chi connectivity index (χ1v) is 9.03. The Labute approximate surface area is 174 Å². The molecule has 0 unspecified atom stereocenters. The predicted molar refractivity (Wildman–Crippen MR) is 118 cm³/mol. The van der Waals surface area contributed by atoms with Crippen molar-refractivity contribution in [3.8, 4) is 28.1 Å². The number of pyridine rings is 1. The summed E-state index contributed by atoms with van der Waals surface area (Å²) in [6, 6.07) is 24.4. The van der Waals surface area contributed by atoms with Crippen LogP contribution in [-0.2, 0) is 0 Å². The van der Waals surface area contributed by atoms with E-state index in [4.69, 9.17) is 9.72 Å². The van der Waals surface area contributed by atoms with Gasteiger partial charge >= 0.3 is 0 Å². The van der Waals surface area contributed by atoms with Crippen LogP contribution in [0.3, 0.4) is 0 Å². The molecule has 1 aromatic heterocycles. The van der Waals surface area contributed by atoms with E-state index in [0.29, 0.717) is 6.61 Å². The van der Waals surface area contributed by atoms with Gasteiger partial charge in [-0.25, -0.2) is 4.98 Å². The predicted octanol–water partition coefficient (Wildman–Crippen LogP) is 6.30. The fourth-order valence-corrected chi connectivity index (χ4v) is 3.22. The second kappa shape index (κ2) is 8.71. The first-order valence-electron chi connectivity index (χ1n) is 9.03. The maximum Gasteiger partial charge on any atom is 0.270 e. The molecule has 0 spiro atoms. The molecule has 146 valence electrons. The van der Waals surface area contributed by atoms with E-state index in [1.807, 2.05) is 67.6 Å². The summed E-state index contributed by atoms with van der Waals surface area (Å²) in [6.45, 7) is 2.56. The molecule has 0 atom stereocenters. The van der Waals surface area contributed by atoms with Gasteiger partial charge in [-0.15, -0.1) is 12.4 Å². The molecule has 0 saturated carbocycles. The monoisotopic (exact) mass is 406 g/mol. The van der Waals surface area contributed by atoms with Gasteiger partial charge < -0.3 is 4.74 Å². The number of rotatable bonds is 5. The fraction of sp³-hybridized carbons (Fsp3) is 0.0870. The Morgan fingerprint density at radius 3 is 2.31 bits per heavy atom. The molecule has 5 nitrogen and oxygen atoms in total. The second-order valence-electron chi connectivity index (χ2n) is 6.34. The molecule has 4 rings (SSSR count). The highest BCUT2D eigenvalue weighted by molar-refractivity contribution is 5.97. The number of nitro benzene ring substituents is 1. The minimum atomic E-state index is -0.380. The van der Waals surface area contributed by atoms with E-state index < -0.39 is 0 Å². The van der Waals surface area contributed by atoms with Crippen LogP contribution in [0.15, 0.2) is 78.9 Å². The standard InChI is InChI=1S/C23H18N2O3.ClH/c1-2-28-19-11-8-17(9-12-19)23-15-20(16-6-4-3-5-7-16)21-14-18(25(26)27)10-13-22(21)24-23;/h3-15H,2H2,1H3;1H. The van der Waals surface area contributed by atoms with Crippen LogP contribution in [0, 0.1) is 10.1 Å². The lowest BCUT2D eigenvalue weighted by atomic mass is 9.98. The Balaban J connectivity index is 0.00000240. The van der Waals surface area contributed by atoms with E-state index in [0.717, 1.165) is 39.0 Å². The molecule has 6 heteroatoms. The molecule has 0 radical (unpaired) electrons. The van der Waals surface area contributed by atoms with Crippen LogP contribution in [0.25, 0.3) is 33.3 Å². The molecular formula is C23H19ClN2O3. The Hall–Kier alpha value is -3.44. The summed E-state index contributed by atoms with van der Waals surface area (Å²) in [5, 5.41) is 12.0. The van der Waals surface area contributed by atoms with E-state index in [1.54, 1.807) is 12.1 Å². The van der Waals surface area contributed by atoms with Gasteiger partial charge in [-0.1, -0.05) is 30.3 Å². The van der Waals surface area contributed by atoms with Gasteiger partial charge in [-0.3, -0.25) is 10.1 Å². The lowest BCUT2D eigenvalue weighted by molar-refractivity contribution is -0.384. The average Bonchev–Trinajstić information content (AvgIpc) is 2.74. The summed E-state index contributed by atoms with van der Waals surface area (Å²) < 4.78 is 5.51. The van der Waals surface area contributed by atoms with Gasteiger partial charge in [0, 0.05) is 23.1 Å². The minimum absolute atomic E-state index is 0. The molecule has 3 aromatic carbocycles. The van der Waals surface area contributed by atoms with Crippen LogP contribution < -0.4 is 4.74 Å². The smallest absolute Gasteiger partial charge is 0.270 e. The Kier molecular flexibility index (Phi) is 6.10. The molecule has 0 aliphatic carbocycles. The van der Waals surface area contributed by atoms with Crippen LogP contribution in [0.4, 0.5) is 5.69 Å². The molecule has 0 N–H and O–H groups in total. The zero-order valence-corrected chi connectivity index (χ0v) is 16.6. The van der Waals surface area contributed by atoms with Crippen LogP contribution in [0.2, 0.25) is 0 Å². The number of benzene rings is 3. The number of fused-ring (bicyclic) bond motifs is 1. The van der Waals surface area contributed by atoms with Gasteiger partial charge in [-0.2, -0.15) is 0 Å². The van der Waals surface area contributed by atoms with Crippen LogP contribution in [0.1, 0.15) is 6.92 Å². The summed E-state index contributed by atoms with van der Waals surface area (Å²) >= 11 is 0. The van der Waals surface area contributed by atoms with Crippen molar-refractivity contribution in [1.29, 1.82) is 0 Å². The number of non-ortho nitro benzene ring substituents is 1. The van der Waals surface area contributed by atoms with Crippen molar-refractivity contribution < 1.29 is 9.66 Å². The van der Waals surface area contributed by atoms with Crippen molar-refractivity contribution in [2.45, 2.75) is 6.92 Å². The fourth-order valence-electron chi connectivity index (χ4n) is 3.22. The third kappa shape index (κ3) is 4.20. The van der Waals surface area contributed by atoms with Gasteiger partial charge in [-0.05, 0) is 54.4 Å². The Morgan fingerprint density at radius 1 is 0.931 bits per heavy atom. The SMILES string of the molecule is CCOc1ccc(-c2cc(-c3ccccc3)c3cc([N+](=O)[O-])ccc3n2)cc1.Cl. The molecule has 1 heterocycles. The molecular weight excluding hydrogens is 388 g/mol. The van der Waals surface area contributed by atoms with Crippen LogP contribution >= 0.6 is 12.4 Å². The average molecular weight is 407 g/mol. The highest BCUT2D eigenvalue weighted by Gasteiger charge is 2.14. The summed E-state index contributed by atoms with van der Waals surface area (Å²) in [6.07, 6.45) is 0. The van der Waals surface area contributed by atoms with Gasteiger partial charge in [0.15, 0.2) is 0 Å². The Morgan fingerprint density at radius 2 is 1.66 bits per heavy atom. The normalized spacial score (nSPS) is 10.4. The quantitative estimate of drug-likeness (QED) is 0.288. The highest BCUT2D eigenvalue weighted by atomic mass is 35.5. The van der Waals surface area contributed by atoms with Gasteiger partial charge in [0.25, 0.3) is 5.69 Å². The molecule has 0 bridgehead atoms. The summed E-state index contributed by atoms with van der Waals surface area (Å²) in [5.74, 6) is 0.811. The molecule has 0 aliphatic heterocycles. The zero-order valence-electron chi connectivity index (χ0n) is 15.7. The Bertz CT molecular complexity index is 1150. The van der Waals surface area contributed by atoms with E-state index >= 15 is 0 Å². The lowest BCUT2D eigenvalue weighted by Crippen LogP contribution is -1.93. The van der Waals surface area contributed by atoms with Gasteiger partial charge in [0.1, 0.15) is 5.75 Å². The van der Waals surface area contributed by atoms with E-state index in [-0.39, 0.29) is 23.0 Å². The molecule has 0 fully saturated rings. The molecule has 0 amide bonds. The highest BCUT2D eigenvalue weighted by Crippen LogP contribution is 2.34. The van der Waals surface area contributed by atoms with Crippen molar-refractivity contribution >= 4 is 29.0 Å². The van der Waals surface area contributed by atoms with Crippen molar-refractivity contribution in [3.05, 3.63) is 89.0 Å². The summed E-state index contributed by atoms with van der Waals surface area (Å²) in [7, 11) is 0. The molecule has 29 heavy (non-hydrogen) atoms. The van der Waals surface area contributed by atoms with Crippen molar-refractivity contribution in [1.82, 2.24) is 4.98 Å². The first-order chi connectivity index (χ1) is 13.7. The van der Waals surface area contributed by atoms with Gasteiger partial charge in [0.2, 0.25) is 0 Å². The zero-order chi connectivity index (χ0) is 19.5. The maximum absolute atomic E-state index is 11.2. The largest absolute Gasteiger partial charge is 0.494 e. The summed E-state index contributed by atoms with van der Waals surface area (Å²) in [4.78, 5) is 15.6.